The lowest BCUT2D eigenvalue weighted by Gasteiger charge is -2.16. The molecule has 3 rings (SSSR count). The lowest BCUT2D eigenvalue weighted by atomic mass is 9.98. The summed E-state index contributed by atoms with van der Waals surface area (Å²) in [6, 6.07) is 14.9. The summed E-state index contributed by atoms with van der Waals surface area (Å²) in [6.07, 6.45) is 3.11. The van der Waals surface area contributed by atoms with Gasteiger partial charge >= 0.3 is 0 Å². The summed E-state index contributed by atoms with van der Waals surface area (Å²) in [4.78, 5) is 26.7. The number of para-hydroxylation sites is 1. The standard InChI is InChI=1S/C23H28N2O3/c1-3-17(2)20-11-4-5-12-21(20)28-16-22(26)24-19-10-8-9-18(15-19)23(27)25-13-6-7-14-25/h4-5,8-12,15,17H,3,6-7,13-14,16H2,1-2H3,(H,24,26). The first-order valence-electron chi connectivity index (χ1n) is 9.99. The van der Waals surface area contributed by atoms with Crippen LogP contribution in [0.25, 0.3) is 0 Å². The minimum absolute atomic E-state index is 0.0207. The van der Waals surface area contributed by atoms with E-state index in [-0.39, 0.29) is 18.4 Å². The van der Waals surface area contributed by atoms with E-state index in [1.165, 1.54) is 0 Å². The SMILES string of the molecule is CCC(C)c1ccccc1OCC(=O)Nc1cccc(C(=O)N2CCCC2)c1. The van der Waals surface area contributed by atoms with E-state index in [2.05, 4.69) is 19.2 Å². The minimum atomic E-state index is -0.246. The molecule has 1 aliphatic heterocycles. The maximum absolute atomic E-state index is 12.5. The zero-order valence-corrected chi connectivity index (χ0v) is 16.6. The van der Waals surface area contributed by atoms with Gasteiger partial charge in [-0.3, -0.25) is 9.59 Å². The number of anilines is 1. The third-order valence-electron chi connectivity index (χ3n) is 5.21. The van der Waals surface area contributed by atoms with Crippen molar-refractivity contribution in [2.24, 2.45) is 0 Å². The number of carbonyl (C=O) groups excluding carboxylic acids is 2. The number of nitrogens with zero attached hydrogens (tertiary/aromatic N) is 1. The lowest BCUT2D eigenvalue weighted by Crippen LogP contribution is -2.27. The van der Waals surface area contributed by atoms with E-state index in [0.717, 1.165) is 43.7 Å². The van der Waals surface area contributed by atoms with Crippen LogP contribution in [0.15, 0.2) is 48.5 Å². The van der Waals surface area contributed by atoms with Crippen LogP contribution in [0, 0.1) is 0 Å². The highest BCUT2D eigenvalue weighted by Gasteiger charge is 2.19. The summed E-state index contributed by atoms with van der Waals surface area (Å²) >= 11 is 0. The van der Waals surface area contributed by atoms with Crippen LogP contribution in [0.2, 0.25) is 0 Å². The van der Waals surface area contributed by atoms with E-state index < -0.39 is 0 Å². The molecule has 2 aromatic rings. The second-order valence-electron chi connectivity index (χ2n) is 7.26. The Balaban J connectivity index is 1.60. The van der Waals surface area contributed by atoms with Gasteiger partial charge in [0.2, 0.25) is 0 Å². The van der Waals surface area contributed by atoms with E-state index in [1.54, 1.807) is 24.3 Å². The van der Waals surface area contributed by atoms with Crippen molar-refractivity contribution in [3.8, 4) is 5.75 Å². The van der Waals surface area contributed by atoms with Gasteiger partial charge in [-0.2, -0.15) is 0 Å². The molecule has 0 radical (unpaired) electrons. The summed E-state index contributed by atoms with van der Waals surface area (Å²) in [5, 5.41) is 2.83. The number of hydrogen-bond acceptors (Lipinski definition) is 3. The van der Waals surface area contributed by atoms with Crippen molar-refractivity contribution in [3.05, 3.63) is 59.7 Å². The molecule has 0 saturated carbocycles. The third-order valence-corrected chi connectivity index (χ3v) is 5.21. The van der Waals surface area contributed by atoms with Crippen LogP contribution < -0.4 is 10.1 Å². The van der Waals surface area contributed by atoms with Crippen LogP contribution >= 0.6 is 0 Å². The van der Waals surface area contributed by atoms with E-state index in [0.29, 0.717) is 17.2 Å². The average molecular weight is 380 g/mol. The fourth-order valence-electron chi connectivity index (χ4n) is 3.41. The zero-order valence-electron chi connectivity index (χ0n) is 16.6. The molecule has 1 heterocycles. The molecule has 1 unspecified atom stereocenters. The number of rotatable bonds is 7. The van der Waals surface area contributed by atoms with E-state index in [4.69, 9.17) is 4.74 Å². The Labute approximate surface area is 166 Å². The molecule has 5 nitrogen and oxygen atoms in total. The van der Waals surface area contributed by atoms with Gasteiger partial charge in [-0.1, -0.05) is 38.1 Å². The Kier molecular flexibility index (Phi) is 6.69. The Morgan fingerprint density at radius 1 is 1.11 bits per heavy atom. The third kappa shape index (κ3) is 4.91. The first-order chi connectivity index (χ1) is 13.6. The number of likely N-dealkylation sites (tertiary alicyclic amines) is 1. The predicted octanol–water partition coefficient (Wildman–Crippen LogP) is 4.45. The molecule has 0 spiro atoms. The normalized spacial score (nSPS) is 14.6. The van der Waals surface area contributed by atoms with Crippen molar-refractivity contribution < 1.29 is 14.3 Å². The van der Waals surface area contributed by atoms with Gasteiger partial charge in [0.1, 0.15) is 5.75 Å². The van der Waals surface area contributed by atoms with Crippen LogP contribution in [0.4, 0.5) is 5.69 Å². The van der Waals surface area contributed by atoms with Crippen molar-refractivity contribution in [2.75, 3.05) is 25.0 Å². The number of ether oxygens (including phenoxy) is 1. The highest BCUT2D eigenvalue weighted by molar-refractivity contribution is 5.97. The lowest BCUT2D eigenvalue weighted by molar-refractivity contribution is -0.118. The first kappa shape index (κ1) is 19.9. The molecular weight excluding hydrogens is 352 g/mol. The summed E-state index contributed by atoms with van der Waals surface area (Å²) in [6.45, 7) is 5.81. The molecule has 1 fully saturated rings. The van der Waals surface area contributed by atoms with Crippen LogP contribution in [0.1, 0.15) is 54.9 Å². The Morgan fingerprint density at radius 2 is 1.86 bits per heavy atom. The largest absolute Gasteiger partial charge is 0.483 e. The first-order valence-corrected chi connectivity index (χ1v) is 9.99. The summed E-state index contributed by atoms with van der Waals surface area (Å²) in [7, 11) is 0. The maximum atomic E-state index is 12.5. The molecule has 1 N–H and O–H groups in total. The van der Waals surface area contributed by atoms with Crippen LogP contribution in [-0.2, 0) is 4.79 Å². The van der Waals surface area contributed by atoms with Crippen LogP contribution in [0.3, 0.4) is 0 Å². The molecule has 148 valence electrons. The van der Waals surface area contributed by atoms with Crippen molar-refractivity contribution >= 4 is 17.5 Å². The molecular formula is C23H28N2O3. The van der Waals surface area contributed by atoms with Gasteiger partial charge in [-0.25, -0.2) is 0 Å². The van der Waals surface area contributed by atoms with Crippen LogP contribution in [-0.4, -0.2) is 36.4 Å². The summed E-state index contributed by atoms with van der Waals surface area (Å²) in [5.74, 6) is 0.884. The summed E-state index contributed by atoms with van der Waals surface area (Å²) in [5.41, 5.74) is 2.31. The topological polar surface area (TPSA) is 58.6 Å². The second kappa shape index (κ2) is 9.40. The number of benzene rings is 2. The molecule has 1 saturated heterocycles. The fourth-order valence-corrected chi connectivity index (χ4v) is 3.41. The number of hydrogen-bond donors (Lipinski definition) is 1. The molecule has 2 amide bonds. The summed E-state index contributed by atoms with van der Waals surface area (Å²) < 4.78 is 5.77. The van der Waals surface area contributed by atoms with E-state index in [1.807, 2.05) is 29.2 Å². The zero-order chi connectivity index (χ0) is 19.9. The Hall–Kier alpha value is -2.82. The Bertz CT molecular complexity index is 828. The highest BCUT2D eigenvalue weighted by atomic mass is 16.5. The van der Waals surface area contributed by atoms with Gasteiger partial charge in [0.25, 0.3) is 11.8 Å². The van der Waals surface area contributed by atoms with Gasteiger partial charge in [0.05, 0.1) is 0 Å². The van der Waals surface area contributed by atoms with E-state index >= 15 is 0 Å². The quantitative estimate of drug-likeness (QED) is 0.772. The molecule has 1 aliphatic rings. The van der Waals surface area contributed by atoms with Gasteiger partial charge in [-0.15, -0.1) is 0 Å². The molecule has 1 atom stereocenters. The van der Waals surface area contributed by atoms with Gasteiger partial charge in [0, 0.05) is 24.3 Å². The van der Waals surface area contributed by atoms with Gasteiger partial charge in [0.15, 0.2) is 6.61 Å². The number of carbonyl (C=O) groups is 2. The van der Waals surface area contributed by atoms with Crippen molar-refractivity contribution in [1.29, 1.82) is 0 Å². The molecule has 2 aromatic carbocycles. The van der Waals surface area contributed by atoms with Crippen LogP contribution in [0.5, 0.6) is 5.75 Å². The fraction of sp³-hybridized carbons (Fsp3) is 0.391. The van der Waals surface area contributed by atoms with Gasteiger partial charge in [-0.05, 0) is 55.0 Å². The second-order valence-corrected chi connectivity index (χ2v) is 7.26. The van der Waals surface area contributed by atoms with Crippen molar-refractivity contribution in [2.45, 2.75) is 39.0 Å². The molecule has 28 heavy (non-hydrogen) atoms. The smallest absolute Gasteiger partial charge is 0.262 e. The Morgan fingerprint density at radius 3 is 2.61 bits per heavy atom. The predicted molar refractivity (Wildman–Crippen MR) is 111 cm³/mol. The highest BCUT2D eigenvalue weighted by Crippen LogP contribution is 2.28. The van der Waals surface area contributed by atoms with Crippen molar-refractivity contribution in [1.82, 2.24) is 4.90 Å². The minimum Gasteiger partial charge on any atom is -0.483 e. The molecule has 0 aromatic heterocycles. The average Bonchev–Trinajstić information content (AvgIpc) is 3.26. The van der Waals surface area contributed by atoms with Crippen molar-refractivity contribution in [3.63, 3.8) is 0 Å². The van der Waals surface area contributed by atoms with Gasteiger partial charge < -0.3 is 15.0 Å². The number of nitrogens with one attached hydrogen (secondary N) is 1. The maximum Gasteiger partial charge on any atom is 0.262 e. The number of amides is 2. The molecule has 0 aliphatic carbocycles. The monoisotopic (exact) mass is 380 g/mol. The molecule has 0 bridgehead atoms. The van der Waals surface area contributed by atoms with E-state index in [9.17, 15) is 9.59 Å². The molecule has 5 heteroatoms.